The summed E-state index contributed by atoms with van der Waals surface area (Å²) >= 11 is 8.23. The lowest BCUT2D eigenvalue weighted by molar-refractivity contribution is -0.142. The number of guanidine groups is 2. The molecule has 38 nitrogen and oxygen atoms in total. The van der Waals surface area contributed by atoms with Gasteiger partial charge in [-0.3, -0.25) is 82.7 Å². The van der Waals surface area contributed by atoms with Crippen LogP contribution in [0, 0.1) is 22.7 Å². The molecule has 1 rings (SSSR count). The smallest absolute Gasteiger partial charge is 0.305 e. The van der Waals surface area contributed by atoms with E-state index in [2.05, 4.69) is 99.7 Å². The van der Waals surface area contributed by atoms with Crippen LogP contribution in [0.5, 0.6) is 0 Å². The van der Waals surface area contributed by atoms with Gasteiger partial charge >= 0.3 is 5.97 Å². The van der Waals surface area contributed by atoms with Crippen molar-refractivity contribution in [2.24, 2.45) is 34.8 Å². The van der Waals surface area contributed by atoms with E-state index in [1.54, 1.807) is 51.1 Å². The van der Waals surface area contributed by atoms with E-state index < -0.39 is 212 Å². The first-order chi connectivity index (χ1) is 45.8. The Kier molecular flexibility index (Phi) is 40.5. The summed E-state index contributed by atoms with van der Waals surface area (Å²) < 4.78 is 0. The zero-order valence-corrected chi connectivity index (χ0v) is 55.9. The van der Waals surface area contributed by atoms with Gasteiger partial charge in [0.25, 0.3) is 0 Å². The monoisotopic (exact) mass is 1410 g/mol. The largest absolute Gasteiger partial charge is 0.481 e. The van der Waals surface area contributed by atoms with Crippen molar-refractivity contribution in [2.45, 2.75) is 152 Å². The minimum atomic E-state index is -1.96. The van der Waals surface area contributed by atoms with E-state index in [-0.39, 0.29) is 69.5 Å². The van der Waals surface area contributed by atoms with Gasteiger partial charge in [-0.2, -0.15) is 25.3 Å². The number of amides is 13. The van der Waals surface area contributed by atoms with Crippen molar-refractivity contribution in [1.82, 2.24) is 74.4 Å². The predicted octanol–water partition coefficient (Wildman–Crippen LogP) is -9.44. The zero-order valence-electron chi connectivity index (χ0n) is 54.1. The van der Waals surface area contributed by atoms with Crippen LogP contribution in [0.4, 0.5) is 0 Å². The summed E-state index contributed by atoms with van der Waals surface area (Å²) in [6, 6.07) is -8.57. The Morgan fingerprint density at radius 2 is 0.918 bits per heavy atom. The molecule has 0 unspecified atom stereocenters. The van der Waals surface area contributed by atoms with Gasteiger partial charge in [-0.05, 0) is 43.1 Å². The van der Waals surface area contributed by atoms with Crippen LogP contribution in [0.2, 0.25) is 0 Å². The highest BCUT2D eigenvalue weighted by atomic mass is 32.1. The second kappa shape index (κ2) is 45.9. The molecule has 0 saturated heterocycles. The average molecular weight is 1410 g/mol. The van der Waals surface area contributed by atoms with Gasteiger partial charge < -0.3 is 113 Å². The molecule has 541 valence electrons. The van der Waals surface area contributed by atoms with Crippen LogP contribution in [0.3, 0.4) is 0 Å². The summed E-state index contributed by atoms with van der Waals surface area (Å²) in [5.41, 5.74) is 22.0. The van der Waals surface area contributed by atoms with Crippen molar-refractivity contribution in [2.75, 3.05) is 50.9 Å². The molecule has 0 bridgehead atoms. The van der Waals surface area contributed by atoms with E-state index in [0.717, 1.165) is 0 Å². The molecular weight excluding hydrogens is 1320 g/mol. The van der Waals surface area contributed by atoms with E-state index in [4.69, 9.17) is 33.8 Å². The standard InChI is InChI=1S/C57H93N20O18S2/c1-5-28(3)44(54(94)72-36(20-43(84)85)50(90)70-34(15-11-17-65-57(62)63)49(89)77-45(29(4)6-2)55(95)75-38(26-96)52(92)68-31(23-78)19-40(59)81)76-48(88)33(14-10-16-64-56(60)61)69-42(83)22-66-41(82)21-67-47(87)35(18-30-12-8-7-9-13-30)71-53(93)39(27-97)74-51(91)37(25-80)73-46(86)32(58)24-79/h7-9,12-13,28-29,31-39,44-45,79-80,96-97H,5-6,10-11,14-22,24-27,58H2,1-4H3,(H2,59,81)(H,66,82)(H,67,87)(H,68,92)(H,69,83)(H,70,90)(H,71,93)(H,72,94)(H,73,86)(H,74,91)(H,75,95)(H,76,88)(H,77,89)(H,84,85)(H4,60,61,64)(H4,62,63,65)/t28-,29-,31-,32-,33-,34-,35-,36-,37-,38-,39-,44-,45-/m0/s1. The maximum atomic E-state index is 14.3. The number of hydrogen-bond acceptors (Lipinski definition) is 22. The van der Waals surface area contributed by atoms with Crippen LogP contribution >= 0.6 is 25.3 Å². The number of thiol groups is 2. The van der Waals surface area contributed by atoms with Crippen LogP contribution < -0.4 is 97.4 Å². The number of primary amides is 1. The van der Waals surface area contributed by atoms with Gasteiger partial charge in [0.05, 0.1) is 39.1 Å². The van der Waals surface area contributed by atoms with Gasteiger partial charge in [0.2, 0.25) is 83.1 Å². The van der Waals surface area contributed by atoms with Crippen molar-refractivity contribution in [3.05, 3.63) is 35.9 Å². The van der Waals surface area contributed by atoms with Crippen molar-refractivity contribution in [3.8, 4) is 0 Å². The molecule has 1 aromatic rings. The summed E-state index contributed by atoms with van der Waals surface area (Å²) in [6.45, 7) is 3.10. The Morgan fingerprint density at radius 1 is 0.495 bits per heavy atom. The zero-order chi connectivity index (χ0) is 73.5. The van der Waals surface area contributed by atoms with Gasteiger partial charge in [-0.1, -0.05) is 70.9 Å². The van der Waals surface area contributed by atoms with Gasteiger partial charge in [0, 0.05) is 31.0 Å². The van der Waals surface area contributed by atoms with Crippen molar-refractivity contribution >= 4 is 126 Å². The molecule has 97 heavy (non-hydrogen) atoms. The summed E-state index contributed by atoms with van der Waals surface area (Å²) in [6.07, 6.45) is -0.336. The van der Waals surface area contributed by atoms with E-state index in [0.29, 0.717) is 5.56 Å². The number of carbonyl (C=O) groups excluding carboxylic acids is 14. The van der Waals surface area contributed by atoms with E-state index >= 15 is 0 Å². The minimum Gasteiger partial charge on any atom is -0.481 e. The normalized spacial score (nSPS) is 14.9. The van der Waals surface area contributed by atoms with Crippen LogP contribution in [0.15, 0.2) is 30.3 Å². The van der Waals surface area contributed by atoms with Crippen LogP contribution in [0.25, 0.3) is 0 Å². The minimum absolute atomic E-state index is 0.00444. The second-order valence-corrected chi connectivity index (χ2v) is 22.9. The van der Waals surface area contributed by atoms with Crippen LogP contribution in [-0.2, 0) is 78.3 Å². The fraction of sp³-hybridized carbons (Fsp3) is 0.596. The number of aliphatic hydroxyl groups is 2. The summed E-state index contributed by atoms with van der Waals surface area (Å²) in [4.78, 5) is 198. The summed E-state index contributed by atoms with van der Waals surface area (Å²) in [5.74, 6) is -17.6. The number of carbonyl (C=O) groups is 14. The number of nitrogens with two attached hydrogens (primary N) is 4. The number of carboxylic acid groups (broad SMARTS) is 1. The van der Waals surface area contributed by atoms with Crippen molar-refractivity contribution in [1.29, 1.82) is 10.8 Å². The third kappa shape index (κ3) is 33.2. The van der Waals surface area contributed by atoms with Gasteiger partial charge in [-0.25, -0.2) is 0 Å². The molecule has 0 aromatic heterocycles. The maximum absolute atomic E-state index is 14.3. The molecule has 0 spiro atoms. The molecule has 0 fully saturated rings. The van der Waals surface area contributed by atoms with E-state index in [1.165, 1.54) is 13.2 Å². The molecule has 13 atom stereocenters. The lowest BCUT2D eigenvalue weighted by Crippen LogP contribution is -2.61. The Labute approximate surface area is 570 Å². The Balaban J connectivity index is 3.43. The van der Waals surface area contributed by atoms with Crippen molar-refractivity contribution in [3.63, 3.8) is 0 Å². The SMILES string of the molecule is CC[C@H](C)[C@H](NC(=O)[C@H](CCCNC(=N)N)NC(=O)[C@H](CC(=O)O)NC(=O)[C@@H](NC(=O)[C@H](CCCNC(=N)N)NC(=O)CNC(=O)CNC(=O)[C@H](Cc1ccccc1)NC(=O)[C@H](CS)NC(=O)[C@H](CO)NC(=O)[C@@H](N)CO)[C@@H](C)CC)C(=O)N[C@@H](CS)C(=O)N[C@H]([C]=O)CC(N)=O. The highest BCUT2D eigenvalue weighted by Crippen LogP contribution is 2.14. The highest BCUT2D eigenvalue weighted by molar-refractivity contribution is 7.80. The molecule has 0 aliphatic heterocycles. The number of nitrogens with one attached hydrogen (secondary N) is 16. The Hall–Kier alpha value is -9.41. The number of benzene rings is 1. The Bertz CT molecular complexity index is 2890. The number of aliphatic carboxylic acids is 1. The first kappa shape index (κ1) is 85.6. The molecule has 0 heterocycles. The molecule has 1 aromatic carbocycles. The average Bonchev–Trinajstić information content (AvgIpc) is 1.16. The topological polar surface area (TPSA) is 637 Å². The molecule has 1 radical (unpaired) electrons. The fourth-order valence-electron chi connectivity index (χ4n) is 8.61. The van der Waals surface area contributed by atoms with E-state index in [9.17, 15) is 87.2 Å². The molecule has 0 aliphatic carbocycles. The predicted molar refractivity (Wildman–Crippen MR) is 354 cm³/mol. The van der Waals surface area contributed by atoms with Gasteiger partial charge in [-0.15, -0.1) is 0 Å². The van der Waals surface area contributed by atoms with Gasteiger partial charge in [0.1, 0.15) is 66.5 Å². The lowest BCUT2D eigenvalue weighted by atomic mass is 9.96. The third-order valence-electron chi connectivity index (χ3n) is 14.5. The molecule has 27 N–H and O–H groups in total. The number of aliphatic hydroxyl groups excluding tert-OH is 2. The highest BCUT2D eigenvalue weighted by Gasteiger charge is 2.37. The molecule has 0 saturated carbocycles. The molecular formula is C57H93N20O18S2. The fourth-order valence-corrected chi connectivity index (χ4v) is 9.12. The van der Waals surface area contributed by atoms with Crippen LogP contribution in [0.1, 0.15) is 84.6 Å². The van der Waals surface area contributed by atoms with Crippen molar-refractivity contribution < 1.29 is 87.2 Å². The summed E-state index contributed by atoms with van der Waals surface area (Å²) in [7, 11) is 0. The van der Waals surface area contributed by atoms with E-state index in [1.807, 2.05) is 0 Å². The third-order valence-corrected chi connectivity index (χ3v) is 15.2. The Morgan fingerprint density at radius 3 is 1.37 bits per heavy atom. The molecule has 13 amide bonds. The number of carboxylic acids is 1. The number of hydrogen-bond donors (Lipinski definition) is 25. The molecule has 0 aliphatic rings. The maximum Gasteiger partial charge on any atom is 0.305 e. The first-order valence-electron chi connectivity index (χ1n) is 30.6. The summed E-state index contributed by atoms with van der Waals surface area (Å²) in [5, 5.41) is 77.5. The first-order valence-corrected chi connectivity index (χ1v) is 31.9. The lowest BCUT2D eigenvalue weighted by Gasteiger charge is -2.30. The van der Waals surface area contributed by atoms with Crippen LogP contribution in [-0.4, -0.2) is 234 Å². The van der Waals surface area contributed by atoms with Gasteiger partial charge in [0.15, 0.2) is 11.9 Å². The number of rotatable bonds is 47. The second-order valence-electron chi connectivity index (χ2n) is 22.2. The molecule has 40 heteroatoms. The quantitative estimate of drug-likeness (QED) is 0.0125.